The molecule has 0 spiro atoms. The molecule has 2 unspecified atom stereocenters. The second-order valence-electron chi connectivity index (χ2n) is 12.9. The predicted octanol–water partition coefficient (Wildman–Crippen LogP) is 11.3. The molecule has 1 aliphatic carbocycles. The van der Waals surface area contributed by atoms with Crippen molar-refractivity contribution in [2.45, 2.75) is 44.1 Å². The molecule has 2 aliphatic rings. The highest BCUT2D eigenvalue weighted by Gasteiger charge is 2.59. The lowest BCUT2D eigenvalue weighted by atomic mass is 9.72. The number of hydrogen-bond donors (Lipinski definition) is 0. The first-order valence-corrected chi connectivity index (χ1v) is 15.3. The first kappa shape index (κ1) is 24.0. The fraction of sp³-hybridized carbons (Fsp3) is 0.171. The molecule has 1 aliphatic heterocycles. The standard InChI is InChI=1S/C41H33N/c1-40-24-9-25-41(40,2)42(31-12-7-4-8-13-31)37-23-18-30(26-36(37)40)33-20-15-29-16-21-34-32(27-10-5-3-6-11-27)19-14-28-17-22-35(33)39(29)38(28)34/h3-8,10-23,26H,9,24-25H2,1-2H3. The molecule has 1 saturated carbocycles. The summed E-state index contributed by atoms with van der Waals surface area (Å²) >= 11 is 0. The largest absolute Gasteiger partial charge is 0.334 e. The van der Waals surface area contributed by atoms with E-state index in [0.29, 0.717) is 0 Å². The number of benzene rings is 7. The van der Waals surface area contributed by atoms with Gasteiger partial charge < -0.3 is 4.90 Å². The van der Waals surface area contributed by atoms with E-state index in [1.807, 2.05) is 0 Å². The molecule has 0 radical (unpaired) electrons. The summed E-state index contributed by atoms with van der Waals surface area (Å²) < 4.78 is 0. The molecular weight excluding hydrogens is 506 g/mol. The van der Waals surface area contributed by atoms with E-state index in [1.165, 1.54) is 90.8 Å². The van der Waals surface area contributed by atoms with Gasteiger partial charge in [-0.05, 0) is 104 Å². The molecule has 0 saturated heterocycles. The topological polar surface area (TPSA) is 3.24 Å². The molecule has 1 fully saturated rings. The zero-order valence-electron chi connectivity index (χ0n) is 24.2. The summed E-state index contributed by atoms with van der Waals surface area (Å²) in [6.45, 7) is 5.01. The Labute approximate surface area is 247 Å². The summed E-state index contributed by atoms with van der Waals surface area (Å²) in [6, 6.07) is 47.7. The highest BCUT2D eigenvalue weighted by Crippen LogP contribution is 2.62. The first-order chi connectivity index (χ1) is 20.6. The van der Waals surface area contributed by atoms with Gasteiger partial charge in [0.1, 0.15) is 0 Å². The summed E-state index contributed by atoms with van der Waals surface area (Å²) in [5.41, 5.74) is 9.58. The maximum atomic E-state index is 2.65. The van der Waals surface area contributed by atoms with Gasteiger partial charge in [-0.3, -0.25) is 0 Å². The summed E-state index contributed by atoms with van der Waals surface area (Å²) in [4.78, 5) is 2.65. The Morgan fingerprint density at radius 1 is 0.548 bits per heavy atom. The van der Waals surface area contributed by atoms with Crippen LogP contribution in [0.15, 0.2) is 127 Å². The Kier molecular flexibility index (Phi) is 4.84. The van der Waals surface area contributed by atoms with Crippen molar-refractivity contribution in [3.63, 3.8) is 0 Å². The molecule has 1 heterocycles. The van der Waals surface area contributed by atoms with Crippen LogP contribution in [-0.2, 0) is 5.41 Å². The molecular formula is C41H33N. The predicted molar refractivity (Wildman–Crippen MR) is 179 cm³/mol. The fourth-order valence-corrected chi connectivity index (χ4v) is 8.64. The zero-order valence-corrected chi connectivity index (χ0v) is 24.2. The van der Waals surface area contributed by atoms with Gasteiger partial charge in [0.2, 0.25) is 0 Å². The van der Waals surface area contributed by atoms with Gasteiger partial charge in [0.15, 0.2) is 0 Å². The van der Waals surface area contributed by atoms with Crippen molar-refractivity contribution in [3.05, 3.63) is 133 Å². The number of hydrogen-bond acceptors (Lipinski definition) is 1. The van der Waals surface area contributed by atoms with E-state index in [0.717, 1.165) is 0 Å². The number of anilines is 2. The first-order valence-electron chi connectivity index (χ1n) is 15.3. The number of fused-ring (bicyclic) bond motifs is 3. The molecule has 1 nitrogen and oxygen atoms in total. The van der Waals surface area contributed by atoms with Crippen molar-refractivity contribution in [2.24, 2.45) is 0 Å². The molecule has 0 N–H and O–H groups in total. The average molecular weight is 540 g/mol. The van der Waals surface area contributed by atoms with Gasteiger partial charge in [0.25, 0.3) is 0 Å². The van der Waals surface area contributed by atoms with Crippen molar-refractivity contribution in [1.82, 2.24) is 0 Å². The maximum Gasteiger partial charge on any atom is 0.0517 e. The van der Waals surface area contributed by atoms with Crippen LogP contribution < -0.4 is 4.90 Å². The van der Waals surface area contributed by atoms with Crippen LogP contribution in [0.4, 0.5) is 11.4 Å². The van der Waals surface area contributed by atoms with Crippen LogP contribution in [0.5, 0.6) is 0 Å². The number of rotatable bonds is 3. The molecule has 1 heteroatoms. The number of nitrogens with zero attached hydrogens (tertiary/aromatic N) is 1. The van der Waals surface area contributed by atoms with Crippen LogP contribution in [0.3, 0.4) is 0 Å². The highest BCUT2D eigenvalue weighted by molar-refractivity contribution is 6.27. The van der Waals surface area contributed by atoms with Crippen molar-refractivity contribution in [2.75, 3.05) is 4.90 Å². The summed E-state index contributed by atoms with van der Waals surface area (Å²) in [5, 5.41) is 8.04. The van der Waals surface area contributed by atoms with Crippen molar-refractivity contribution in [1.29, 1.82) is 0 Å². The normalized spacial score (nSPS) is 21.4. The van der Waals surface area contributed by atoms with E-state index in [4.69, 9.17) is 0 Å². The maximum absolute atomic E-state index is 2.65. The zero-order chi connectivity index (χ0) is 28.1. The Balaban J connectivity index is 1.27. The summed E-state index contributed by atoms with van der Waals surface area (Å²) in [5.74, 6) is 0. The van der Waals surface area contributed by atoms with Crippen LogP contribution in [0, 0.1) is 0 Å². The third kappa shape index (κ3) is 3.04. The van der Waals surface area contributed by atoms with Crippen LogP contribution in [0.1, 0.15) is 38.7 Å². The van der Waals surface area contributed by atoms with E-state index in [-0.39, 0.29) is 11.0 Å². The van der Waals surface area contributed by atoms with E-state index >= 15 is 0 Å². The van der Waals surface area contributed by atoms with E-state index in [1.54, 1.807) is 0 Å². The molecule has 9 rings (SSSR count). The van der Waals surface area contributed by atoms with Crippen molar-refractivity contribution < 1.29 is 0 Å². The summed E-state index contributed by atoms with van der Waals surface area (Å²) in [7, 11) is 0. The van der Waals surface area contributed by atoms with Gasteiger partial charge in [-0.2, -0.15) is 0 Å². The fourth-order valence-electron chi connectivity index (χ4n) is 8.64. The second-order valence-corrected chi connectivity index (χ2v) is 12.9. The van der Waals surface area contributed by atoms with E-state index in [9.17, 15) is 0 Å². The minimum Gasteiger partial charge on any atom is -0.334 e. The highest BCUT2D eigenvalue weighted by atomic mass is 15.3. The average Bonchev–Trinajstić information content (AvgIpc) is 3.44. The van der Waals surface area contributed by atoms with Crippen molar-refractivity contribution >= 4 is 43.7 Å². The summed E-state index contributed by atoms with van der Waals surface area (Å²) in [6.07, 6.45) is 3.71. The Morgan fingerprint density at radius 2 is 1.14 bits per heavy atom. The van der Waals surface area contributed by atoms with Crippen molar-refractivity contribution in [3.8, 4) is 22.3 Å². The molecule has 7 aromatic rings. The van der Waals surface area contributed by atoms with E-state index < -0.39 is 0 Å². The molecule has 42 heavy (non-hydrogen) atoms. The van der Waals surface area contributed by atoms with Gasteiger partial charge in [-0.25, -0.2) is 0 Å². The smallest absolute Gasteiger partial charge is 0.0517 e. The number of para-hydroxylation sites is 1. The van der Waals surface area contributed by atoms with Crippen LogP contribution in [0.25, 0.3) is 54.6 Å². The molecule has 202 valence electrons. The molecule has 0 bridgehead atoms. The quantitative estimate of drug-likeness (QED) is 0.202. The lowest BCUT2D eigenvalue weighted by Gasteiger charge is -2.42. The molecule has 0 aromatic heterocycles. The Morgan fingerprint density at radius 3 is 1.81 bits per heavy atom. The van der Waals surface area contributed by atoms with Gasteiger partial charge >= 0.3 is 0 Å². The molecule has 7 aromatic carbocycles. The van der Waals surface area contributed by atoms with Crippen LogP contribution in [-0.4, -0.2) is 5.54 Å². The third-order valence-corrected chi connectivity index (χ3v) is 10.9. The van der Waals surface area contributed by atoms with E-state index in [2.05, 4.69) is 146 Å². The third-order valence-electron chi connectivity index (χ3n) is 10.9. The Hall–Kier alpha value is -4.62. The molecule has 0 amide bonds. The Bertz CT molecular complexity index is 2140. The molecule has 2 atom stereocenters. The van der Waals surface area contributed by atoms with Gasteiger partial charge in [-0.1, -0.05) is 116 Å². The lowest BCUT2D eigenvalue weighted by Crippen LogP contribution is -2.48. The SMILES string of the molecule is CC12CCCC1(C)N(c1ccccc1)c1ccc(-c3ccc4ccc5c(-c6ccccc6)ccc6ccc3c4c65)cc12. The van der Waals surface area contributed by atoms with Crippen LogP contribution in [0.2, 0.25) is 0 Å². The minimum absolute atomic E-state index is 0.0752. The van der Waals surface area contributed by atoms with Gasteiger partial charge in [-0.15, -0.1) is 0 Å². The van der Waals surface area contributed by atoms with Crippen LogP contribution >= 0.6 is 0 Å². The van der Waals surface area contributed by atoms with Gasteiger partial charge in [0.05, 0.1) is 5.54 Å². The van der Waals surface area contributed by atoms with Gasteiger partial charge in [0, 0.05) is 16.8 Å². The lowest BCUT2D eigenvalue weighted by molar-refractivity contribution is 0.330. The monoisotopic (exact) mass is 539 g/mol. The minimum atomic E-state index is 0.0752. The second kappa shape index (κ2) is 8.46.